The molecule has 2 aromatic rings. The Bertz CT molecular complexity index is 699. The predicted octanol–water partition coefficient (Wildman–Crippen LogP) is 1.66. The first kappa shape index (κ1) is 19.8. The third-order valence-corrected chi connectivity index (χ3v) is 5.28. The van der Waals surface area contributed by atoms with Crippen LogP contribution in [0.5, 0.6) is 0 Å². The zero-order valence-electron chi connectivity index (χ0n) is 16.0. The Morgan fingerprint density at radius 3 is 2.48 bits per heavy atom. The van der Waals surface area contributed by atoms with Crippen LogP contribution in [-0.4, -0.2) is 44.5 Å². The maximum absolute atomic E-state index is 5.58. The van der Waals surface area contributed by atoms with Crippen molar-refractivity contribution in [1.29, 1.82) is 0 Å². The summed E-state index contributed by atoms with van der Waals surface area (Å²) in [5.74, 6) is 0. The summed E-state index contributed by atoms with van der Waals surface area (Å²) in [4.78, 5) is 1.56. The van der Waals surface area contributed by atoms with Crippen LogP contribution in [0, 0.1) is 6.92 Å². The van der Waals surface area contributed by atoms with E-state index in [0.29, 0.717) is 0 Å². The van der Waals surface area contributed by atoms with Crippen molar-refractivity contribution < 1.29 is 9.64 Å². The maximum atomic E-state index is 5.58. The minimum Gasteiger partial charge on any atom is -0.370 e. The van der Waals surface area contributed by atoms with Crippen LogP contribution in [0.3, 0.4) is 0 Å². The fourth-order valence-corrected chi connectivity index (χ4v) is 3.62. The van der Waals surface area contributed by atoms with Gasteiger partial charge in [-0.15, -0.1) is 0 Å². The smallest absolute Gasteiger partial charge is 0.166 e. The first-order valence-electron chi connectivity index (χ1n) is 9.77. The van der Waals surface area contributed by atoms with Gasteiger partial charge in [-0.05, 0) is 36.7 Å². The monoisotopic (exact) mass is 384 g/mol. The fourth-order valence-electron chi connectivity index (χ4n) is 3.38. The van der Waals surface area contributed by atoms with Crippen molar-refractivity contribution in [2.45, 2.75) is 19.4 Å². The van der Waals surface area contributed by atoms with Gasteiger partial charge in [0.1, 0.15) is 25.7 Å². The molecular weight excluding hydrogens is 354 g/mol. The highest BCUT2D eigenvalue weighted by atomic mass is 32.1. The Hall–Kier alpha value is -1.95. The molecule has 0 spiro atoms. The lowest BCUT2D eigenvalue weighted by Gasteiger charge is -2.29. The van der Waals surface area contributed by atoms with Crippen LogP contribution in [-0.2, 0) is 11.2 Å². The minimum absolute atomic E-state index is 0.204. The number of aryl methyl sites for hydroxylation is 1. The number of ether oxygens (including phenoxy) is 1. The highest BCUT2D eigenvalue weighted by Gasteiger charge is 2.22. The van der Waals surface area contributed by atoms with Crippen LogP contribution in [0.25, 0.3) is 0 Å². The summed E-state index contributed by atoms with van der Waals surface area (Å²) in [5.41, 5.74) is 3.88. The number of thiocarbonyl (C=S) groups is 1. The largest absolute Gasteiger partial charge is 0.370 e. The second-order valence-electron chi connectivity index (χ2n) is 7.17. The Kier molecular flexibility index (Phi) is 7.63. The van der Waals surface area contributed by atoms with Gasteiger partial charge in [-0.2, -0.15) is 0 Å². The molecule has 1 saturated heterocycles. The molecule has 0 aromatic heterocycles. The van der Waals surface area contributed by atoms with E-state index >= 15 is 0 Å². The van der Waals surface area contributed by atoms with Crippen molar-refractivity contribution in [3.63, 3.8) is 0 Å². The molecule has 144 valence electrons. The Balaban J connectivity index is 1.56. The molecule has 0 unspecified atom stereocenters. The summed E-state index contributed by atoms with van der Waals surface area (Å²) in [5, 5.41) is 7.64. The first-order valence-corrected chi connectivity index (χ1v) is 10.2. The molecule has 0 amide bonds. The second-order valence-corrected chi connectivity index (χ2v) is 7.57. The van der Waals surface area contributed by atoms with Crippen molar-refractivity contribution in [2.75, 3.05) is 39.4 Å². The van der Waals surface area contributed by atoms with Gasteiger partial charge in [0.25, 0.3) is 0 Å². The third kappa shape index (κ3) is 6.61. The molecule has 1 heterocycles. The van der Waals surface area contributed by atoms with E-state index in [0.717, 1.165) is 50.9 Å². The summed E-state index contributed by atoms with van der Waals surface area (Å²) in [7, 11) is 0. The first-order chi connectivity index (χ1) is 13.2. The molecule has 3 rings (SSSR count). The number of quaternary nitrogens is 1. The van der Waals surface area contributed by atoms with Crippen LogP contribution in [0.2, 0.25) is 0 Å². The molecular formula is C22H30N3OS+. The average molecular weight is 385 g/mol. The average Bonchev–Trinajstić information content (AvgIpc) is 2.70. The summed E-state index contributed by atoms with van der Waals surface area (Å²) in [6.07, 6.45) is 0.965. The number of nitrogens with one attached hydrogen (secondary N) is 3. The standard InChI is InChI=1S/C22H29N3OS/c1-18-7-9-20(10-8-18)21(17-25-13-15-26-16-14-25)24-22(27)23-12-11-19-5-3-2-4-6-19/h2-10,21H,11-17H2,1H3,(H2,23,24,27)/p+1/t21-/m0/s1. The Morgan fingerprint density at radius 1 is 1.07 bits per heavy atom. The van der Waals surface area contributed by atoms with E-state index in [-0.39, 0.29) is 6.04 Å². The van der Waals surface area contributed by atoms with Gasteiger partial charge in [-0.25, -0.2) is 0 Å². The molecule has 1 aliphatic heterocycles. The number of morpholine rings is 1. The normalized spacial score (nSPS) is 15.9. The lowest BCUT2D eigenvalue weighted by molar-refractivity contribution is -0.909. The van der Waals surface area contributed by atoms with E-state index in [9.17, 15) is 0 Å². The molecule has 2 aromatic carbocycles. The van der Waals surface area contributed by atoms with Crippen LogP contribution in [0.1, 0.15) is 22.7 Å². The molecule has 27 heavy (non-hydrogen) atoms. The lowest BCUT2D eigenvalue weighted by Crippen LogP contribution is -3.14. The molecule has 3 N–H and O–H groups in total. The van der Waals surface area contributed by atoms with E-state index in [1.54, 1.807) is 4.90 Å². The predicted molar refractivity (Wildman–Crippen MR) is 114 cm³/mol. The molecule has 0 bridgehead atoms. The number of hydrogen-bond acceptors (Lipinski definition) is 2. The topological polar surface area (TPSA) is 37.7 Å². The quantitative estimate of drug-likeness (QED) is 0.635. The molecule has 1 atom stereocenters. The second kappa shape index (κ2) is 10.4. The van der Waals surface area contributed by atoms with Crippen molar-refractivity contribution in [3.8, 4) is 0 Å². The molecule has 0 aliphatic carbocycles. The summed E-state index contributed by atoms with van der Waals surface area (Å²) in [6, 6.07) is 19.5. The maximum Gasteiger partial charge on any atom is 0.166 e. The van der Waals surface area contributed by atoms with Gasteiger partial charge in [-0.3, -0.25) is 0 Å². The van der Waals surface area contributed by atoms with Gasteiger partial charge >= 0.3 is 0 Å². The number of hydrogen-bond donors (Lipinski definition) is 3. The van der Waals surface area contributed by atoms with Crippen molar-refractivity contribution in [1.82, 2.24) is 10.6 Å². The van der Waals surface area contributed by atoms with Gasteiger partial charge in [0.15, 0.2) is 5.11 Å². The molecule has 1 aliphatic rings. The molecule has 4 nitrogen and oxygen atoms in total. The Morgan fingerprint density at radius 2 is 1.78 bits per heavy atom. The third-order valence-electron chi connectivity index (χ3n) is 5.02. The summed E-state index contributed by atoms with van der Waals surface area (Å²) in [6.45, 7) is 7.75. The molecule has 5 heteroatoms. The van der Waals surface area contributed by atoms with Crippen molar-refractivity contribution in [3.05, 3.63) is 71.3 Å². The number of rotatable bonds is 7. The van der Waals surface area contributed by atoms with Gasteiger partial charge in [-0.1, -0.05) is 60.2 Å². The van der Waals surface area contributed by atoms with E-state index in [4.69, 9.17) is 17.0 Å². The number of benzene rings is 2. The van der Waals surface area contributed by atoms with Crippen LogP contribution in [0.15, 0.2) is 54.6 Å². The molecule has 0 radical (unpaired) electrons. The summed E-state index contributed by atoms with van der Waals surface area (Å²) < 4.78 is 5.50. The van der Waals surface area contributed by atoms with Gasteiger partial charge in [0.05, 0.1) is 13.2 Å². The van der Waals surface area contributed by atoms with Gasteiger partial charge in [0, 0.05) is 6.54 Å². The van der Waals surface area contributed by atoms with Crippen molar-refractivity contribution in [2.24, 2.45) is 0 Å². The van der Waals surface area contributed by atoms with Gasteiger partial charge < -0.3 is 20.3 Å². The molecule has 1 fully saturated rings. The van der Waals surface area contributed by atoms with Crippen molar-refractivity contribution >= 4 is 17.3 Å². The van der Waals surface area contributed by atoms with E-state index in [1.807, 2.05) is 6.07 Å². The van der Waals surface area contributed by atoms with Crippen LogP contribution >= 0.6 is 12.2 Å². The van der Waals surface area contributed by atoms with Crippen LogP contribution < -0.4 is 15.5 Å². The van der Waals surface area contributed by atoms with Crippen LogP contribution in [0.4, 0.5) is 0 Å². The van der Waals surface area contributed by atoms with E-state index in [1.165, 1.54) is 16.7 Å². The fraction of sp³-hybridized carbons (Fsp3) is 0.409. The zero-order valence-corrected chi connectivity index (χ0v) is 16.9. The highest BCUT2D eigenvalue weighted by molar-refractivity contribution is 7.80. The van der Waals surface area contributed by atoms with E-state index in [2.05, 4.69) is 66.1 Å². The SMILES string of the molecule is Cc1ccc([C@H](C[NH+]2CCOCC2)NC(=S)NCCc2ccccc2)cc1. The lowest BCUT2D eigenvalue weighted by atomic mass is 10.0. The zero-order chi connectivity index (χ0) is 18.9. The highest BCUT2D eigenvalue weighted by Crippen LogP contribution is 2.12. The summed E-state index contributed by atoms with van der Waals surface area (Å²) >= 11 is 5.58. The Labute approximate surface area is 167 Å². The minimum atomic E-state index is 0.204. The molecule has 0 saturated carbocycles. The van der Waals surface area contributed by atoms with E-state index < -0.39 is 0 Å². The van der Waals surface area contributed by atoms with Gasteiger partial charge in [0.2, 0.25) is 0 Å².